The number of amides is 2. The summed E-state index contributed by atoms with van der Waals surface area (Å²) in [7, 11) is 0. The van der Waals surface area contributed by atoms with Gasteiger partial charge in [-0.25, -0.2) is 4.68 Å². The highest BCUT2D eigenvalue weighted by Crippen LogP contribution is 2.19. The summed E-state index contributed by atoms with van der Waals surface area (Å²) < 4.78 is 1.35. The second-order valence-corrected chi connectivity index (χ2v) is 6.05. The number of nitrogens with zero attached hydrogens (tertiary/aromatic N) is 5. The number of hydrogen-bond donors (Lipinski definition) is 1. The molecule has 24 heavy (non-hydrogen) atoms. The summed E-state index contributed by atoms with van der Waals surface area (Å²) in [5.74, 6) is -0.292. The number of nitrogens with one attached hydrogen (secondary N) is 1. The van der Waals surface area contributed by atoms with Crippen LogP contribution in [0.5, 0.6) is 0 Å². The van der Waals surface area contributed by atoms with Crippen molar-refractivity contribution >= 4 is 23.4 Å². The molecule has 3 rings (SSSR count). The van der Waals surface area contributed by atoms with E-state index >= 15 is 0 Å². The monoisotopic (exact) mass is 348 g/mol. The number of piperidine rings is 1. The van der Waals surface area contributed by atoms with E-state index in [0.717, 1.165) is 12.8 Å². The topological polar surface area (TPSA) is 93.0 Å². The van der Waals surface area contributed by atoms with E-state index in [1.54, 1.807) is 29.2 Å². The summed E-state index contributed by atoms with van der Waals surface area (Å²) in [4.78, 5) is 26.4. The Hall–Kier alpha value is -2.48. The predicted octanol–water partition coefficient (Wildman–Crippen LogP) is 0.748. The largest absolute Gasteiger partial charge is 0.350 e. The van der Waals surface area contributed by atoms with Gasteiger partial charge in [0.1, 0.15) is 12.9 Å². The van der Waals surface area contributed by atoms with Crippen LogP contribution in [0.2, 0.25) is 5.02 Å². The molecule has 0 saturated carbocycles. The van der Waals surface area contributed by atoms with Crippen molar-refractivity contribution in [1.29, 1.82) is 0 Å². The first kappa shape index (κ1) is 16.4. The first-order valence-corrected chi connectivity index (χ1v) is 8.05. The number of tetrazole rings is 1. The van der Waals surface area contributed by atoms with Crippen LogP contribution in [0.25, 0.3) is 0 Å². The minimum Gasteiger partial charge on any atom is -0.350 e. The Morgan fingerprint density at radius 3 is 2.92 bits per heavy atom. The highest BCUT2D eigenvalue weighted by Gasteiger charge is 2.26. The van der Waals surface area contributed by atoms with Gasteiger partial charge < -0.3 is 10.2 Å². The highest BCUT2D eigenvalue weighted by molar-refractivity contribution is 6.33. The zero-order chi connectivity index (χ0) is 16.9. The lowest BCUT2D eigenvalue weighted by Crippen LogP contribution is -2.50. The minimum atomic E-state index is -0.181. The van der Waals surface area contributed by atoms with Crippen molar-refractivity contribution in [3.05, 3.63) is 41.2 Å². The van der Waals surface area contributed by atoms with Crippen LogP contribution in [0.4, 0.5) is 0 Å². The number of rotatable bonds is 4. The van der Waals surface area contributed by atoms with Gasteiger partial charge in [-0.1, -0.05) is 23.7 Å². The van der Waals surface area contributed by atoms with Crippen molar-refractivity contribution in [1.82, 2.24) is 30.4 Å². The average Bonchev–Trinajstić information content (AvgIpc) is 3.07. The van der Waals surface area contributed by atoms with E-state index in [4.69, 9.17) is 11.6 Å². The number of carbonyl (C=O) groups is 2. The molecule has 1 saturated heterocycles. The van der Waals surface area contributed by atoms with Gasteiger partial charge in [0.15, 0.2) is 0 Å². The maximum absolute atomic E-state index is 12.6. The fourth-order valence-corrected chi connectivity index (χ4v) is 2.97. The molecule has 8 nitrogen and oxygen atoms in total. The molecule has 0 bridgehead atoms. The molecule has 1 fully saturated rings. The third-order valence-electron chi connectivity index (χ3n) is 3.88. The molecular formula is C15H17ClN6O2. The maximum Gasteiger partial charge on any atom is 0.255 e. The lowest BCUT2D eigenvalue weighted by atomic mass is 10.0. The quantitative estimate of drug-likeness (QED) is 0.880. The van der Waals surface area contributed by atoms with Gasteiger partial charge >= 0.3 is 0 Å². The van der Waals surface area contributed by atoms with Crippen molar-refractivity contribution in [3.63, 3.8) is 0 Å². The molecule has 1 aromatic carbocycles. The lowest BCUT2D eigenvalue weighted by molar-refractivity contribution is -0.122. The SMILES string of the molecule is O=C(Cn1cnnn1)NC1CCCN(C(=O)c2ccccc2Cl)C1. The molecule has 2 aromatic rings. The summed E-state index contributed by atoms with van der Waals surface area (Å²) in [5, 5.41) is 14.0. The van der Waals surface area contributed by atoms with Gasteiger partial charge in [-0.05, 0) is 35.4 Å². The summed E-state index contributed by atoms with van der Waals surface area (Å²) in [6, 6.07) is 6.90. The van der Waals surface area contributed by atoms with E-state index in [-0.39, 0.29) is 24.4 Å². The van der Waals surface area contributed by atoms with E-state index in [1.165, 1.54) is 11.0 Å². The van der Waals surface area contributed by atoms with E-state index in [1.807, 2.05) is 0 Å². The summed E-state index contributed by atoms with van der Waals surface area (Å²) in [6.07, 6.45) is 3.04. The van der Waals surface area contributed by atoms with E-state index in [2.05, 4.69) is 20.8 Å². The zero-order valence-electron chi connectivity index (χ0n) is 12.9. The van der Waals surface area contributed by atoms with Crippen molar-refractivity contribution in [2.24, 2.45) is 0 Å². The average molecular weight is 349 g/mol. The Morgan fingerprint density at radius 1 is 1.33 bits per heavy atom. The summed E-state index contributed by atoms with van der Waals surface area (Å²) in [6.45, 7) is 1.18. The van der Waals surface area contributed by atoms with Crippen LogP contribution in [0.15, 0.2) is 30.6 Å². The third-order valence-corrected chi connectivity index (χ3v) is 4.20. The predicted molar refractivity (Wildman–Crippen MR) is 86.3 cm³/mol. The number of aromatic nitrogens is 4. The molecule has 0 radical (unpaired) electrons. The van der Waals surface area contributed by atoms with Gasteiger partial charge in [0.25, 0.3) is 5.91 Å². The number of carbonyl (C=O) groups excluding carboxylic acids is 2. The molecule has 2 amide bonds. The van der Waals surface area contributed by atoms with Gasteiger partial charge in [-0.3, -0.25) is 9.59 Å². The summed E-state index contributed by atoms with van der Waals surface area (Å²) in [5.41, 5.74) is 0.486. The van der Waals surface area contributed by atoms with Crippen molar-refractivity contribution in [2.45, 2.75) is 25.4 Å². The zero-order valence-corrected chi connectivity index (χ0v) is 13.7. The fraction of sp³-hybridized carbons (Fsp3) is 0.400. The standard InChI is InChI=1S/C15H17ClN6O2/c16-13-6-2-1-5-12(13)15(24)21-7-3-4-11(8-21)18-14(23)9-22-10-17-19-20-22/h1-2,5-6,10-11H,3-4,7-9H2,(H,18,23). The van der Waals surface area contributed by atoms with Crippen LogP contribution in [-0.4, -0.2) is 56.1 Å². The molecule has 0 aliphatic carbocycles. The molecule has 2 heterocycles. The maximum atomic E-state index is 12.6. The Bertz CT molecular complexity index is 721. The van der Waals surface area contributed by atoms with E-state index in [0.29, 0.717) is 23.7 Å². The normalized spacial score (nSPS) is 17.5. The first-order chi connectivity index (χ1) is 11.6. The van der Waals surface area contributed by atoms with Crippen LogP contribution >= 0.6 is 11.6 Å². The Balaban J connectivity index is 1.59. The van der Waals surface area contributed by atoms with Crippen molar-refractivity contribution in [3.8, 4) is 0 Å². The molecule has 1 atom stereocenters. The molecular weight excluding hydrogens is 332 g/mol. The van der Waals surface area contributed by atoms with Crippen LogP contribution in [0.3, 0.4) is 0 Å². The minimum absolute atomic E-state index is 0.0575. The van der Waals surface area contributed by atoms with Crippen molar-refractivity contribution < 1.29 is 9.59 Å². The smallest absolute Gasteiger partial charge is 0.255 e. The van der Waals surface area contributed by atoms with Gasteiger partial charge in [-0.15, -0.1) is 5.10 Å². The first-order valence-electron chi connectivity index (χ1n) is 7.67. The van der Waals surface area contributed by atoms with Gasteiger partial charge in [-0.2, -0.15) is 0 Å². The lowest BCUT2D eigenvalue weighted by Gasteiger charge is -2.33. The summed E-state index contributed by atoms with van der Waals surface area (Å²) >= 11 is 6.10. The van der Waals surface area contributed by atoms with Gasteiger partial charge in [0.05, 0.1) is 10.6 Å². The van der Waals surface area contributed by atoms with Gasteiger partial charge in [0.2, 0.25) is 5.91 Å². The van der Waals surface area contributed by atoms with Crippen LogP contribution < -0.4 is 5.32 Å². The second kappa shape index (κ2) is 7.39. The molecule has 1 aliphatic rings. The van der Waals surface area contributed by atoms with E-state index in [9.17, 15) is 9.59 Å². The number of halogens is 1. The third kappa shape index (κ3) is 3.88. The molecule has 1 aromatic heterocycles. The molecule has 1 N–H and O–H groups in total. The fourth-order valence-electron chi connectivity index (χ4n) is 2.76. The van der Waals surface area contributed by atoms with Crippen molar-refractivity contribution in [2.75, 3.05) is 13.1 Å². The van der Waals surface area contributed by atoms with E-state index < -0.39 is 0 Å². The number of benzene rings is 1. The Morgan fingerprint density at radius 2 is 2.17 bits per heavy atom. The molecule has 126 valence electrons. The van der Waals surface area contributed by atoms with Crippen LogP contribution in [0.1, 0.15) is 23.2 Å². The van der Waals surface area contributed by atoms with Crippen LogP contribution in [0, 0.1) is 0 Å². The van der Waals surface area contributed by atoms with Crippen LogP contribution in [-0.2, 0) is 11.3 Å². The number of likely N-dealkylation sites (tertiary alicyclic amines) is 1. The molecule has 9 heteroatoms. The molecule has 0 spiro atoms. The highest BCUT2D eigenvalue weighted by atomic mass is 35.5. The number of hydrogen-bond acceptors (Lipinski definition) is 5. The Labute approximate surface area is 143 Å². The second-order valence-electron chi connectivity index (χ2n) is 5.65. The molecule has 1 unspecified atom stereocenters. The Kier molecular flexibility index (Phi) is 5.05. The van der Waals surface area contributed by atoms with Gasteiger partial charge in [0, 0.05) is 19.1 Å². The molecule has 1 aliphatic heterocycles.